The Hall–Kier alpha value is -3.59. The summed E-state index contributed by atoms with van der Waals surface area (Å²) in [6.07, 6.45) is 0.640. The Kier molecular flexibility index (Phi) is 10.8. The van der Waals surface area contributed by atoms with Crippen molar-refractivity contribution >= 4 is 58.9 Å². The third kappa shape index (κ3) is 7.19. The van der Waals surface area contributed by atoms with Gasteiger partial charge in [0.1, 0.15) is 11.9 Å². The van der Waals surface area contributed by atoms with Crippen molar-refractivity contribution in [1.29, 1.82) is 0 Å². The van der Waals surface area contributed by atoms with Gasteiger partial charge in [-0.1, -0.05) is 29.8 Å². The molecule has 10 heteroatoms. The normalized spacial score (nSPS) is 14.4. The van der Waals surface area contributed by atoms with E-state index < -0.39 is 6.10 Å². The molecule has 8 nitrogen and oxygen atoms in total. The molecule has 1 heterocycles. The van der Waals surface area contributed by atoms with Crippen molar-refractivity contribution in [2.75, 3.05) is 44.1 Å². The number of likely N-dealkylation sites (N-methyl/N-ethyl adjacent to an activating group) is 1. The summed E-state index contributed by atoms with van der Waals surface area (Å²) < 4.78 is 11.5. The SMILES string of the molecule is COc1cc(N(C(C)=O)c2ccccc2C)ccc1C(=O)N1CCCC(OC(=O)CN(C)C)c2cc(Cl)ccc21.Cl. The fraction of sp³-hybridized carbons (Fsp3) is 0.323. The number of benzene rings is 3. The van der Waals surface area contributed by atoms with E-state index in [0.29, 0.717) is 52.7 Å². The van der Waals surface area contributed by atoms with Crippen molar-refractivity contribution in [3.05, 3.63) is 82.4 Å². The minimum atomic E-state index is -0.526. The number of aryl methyl sites for hydroxylation is 1. The first kappa shape index (κ1) is 31.9. The molecular formula is C31H35Cl2N3O5. The van der Waals surface area contributed by atoms with Crippen LogP contribution in [0.15, 0.2) is 60.7 Å². The third-order valence-corrected chi connectivity index (χ3v) is 7.02. The number of rotatable bonds is 7. The number of anilines is 3. The van der Waals surface area contributed by atoms with Crippen LogP contribution >= 0.6 is 24.0 Å². The van der Waals surface area contributed by atoms with Crippen molar-refractivity contribution in [1.82, 2.24) is 4.90 Å². The average Bonchev–Trinajstić information content (AvgIpc) is 3.07. The maximum atomic E-state index is 14.0. The van der Waals surface area contributed by atoms with Gasteiger partial charge in [0.15, 0.2) is 0 Å². The number of hydrogen-bond donors (Lipinski definition) is 0. The lowest BCUT2D eigenvalue weighted by Gasteiger charge is -2.27. The van der Waals surface area contributed by atoms with Gasteiger partial charge in [0, 0.05) is 30.1 Å². The summed E-state index contributed by atoms with van der Waals surface area (Å²) in [5.41, 5.74) is 3.95. The van der Waals surface area contributed by atoms with Crippen LogP contribution in [0.25, 0.3) is 0 Å². The van der Waals surface area contributed by atoms with Gasteiger partial charge < -0.3 is 14.4 Å². The predicted molar refractivity (Wildman–Crippen MR) is 164 cm³/mol. The number of fused-ring (bicyclic) bond motifs is 1. The van der Waals surface area contributed by atoms with Gasteiger partial charge in [-0.3, -0.25) is 24.2 Å². The van der Waals surface area contributed by atoms with E-state index >= 15 is 0 Å². The van der Waals surface area contributed by atoms with Crippen LogP contribution in [0.3, 0.4) is 0 Å². The average molecular weight is 601 g/mol. The number of nitrogens with zero attached hydrogens (tertiary/aromatic N) is 3. The van der Waals surface area contributed by atoms with Gasteiger partial charge in [0.05, 0.1) is 36.3 Å². The Bertz CT molecular complexity index is 1430. The lowest BCUT2D eigenvalue weighted by atomic mass is 10.0. The smallest absolute Gasteiger partial charge is 0.320 e. The molecule has 3 aromatic carbocycles. The molecule has 0 saturated carbocycles. The van der Waals surface area contributed by atoms with Gasteiger partial charge in [-0.25, -0.2) is 0 Å². The minimum Gasteiger partial charge on any atom is -0.496 e. The molecule has 0 bridgehead atoms. The second-order valence-corrected chi connectivity index (χ2v) is 10.5. The zero-order chi connectivity index (χ0) is 29.0. The van der Waals surface area contributed by atoms with E-state index in [2.05, 4.69) is 0 Å². The summed E-state index contributed by atoms with van der Waals surface area (Å²) in [5, 5.41) is 0.490. The van der Waals surface area contributed by atoms with Crippen LogP contribution < -0.4 is 14.5 Å². The third-order valence-electron chi connectivity index (χ3n) is 6.78. The topological polar surface area (TPSA) is 79.4 Å². The number of ether oxygens (including phenoxy) is 2. The molecule has 1 aliphatic rings. The van der Waals surface area contributed by atoms with Gasteiger partial charge in [-0.05, 0) is 75.8 Å². The van der Waals surface area contributed by atoms with Crippen molar-refractivity contribution < 1.29 is 23.9 Å². The highest BCUT2D eigenvalue weighted by molar-refractivity contribution is 6.30. The molecule has 0 aromatic heterocycles. The second-order valence-electron chi connectivity index (χ2n) is 10.0. The minimum absolute atomic E-state index is 0. The van der Waals surface area contributed by atoms with Crippen molar-refractivity contribution in [3.8, 4) is 5.75 Å². The molecule has 0 saturated heterocycles. The number of amides is 2. The number of para-hydroxylation sites is 1. The quantitative estimate of drug-likeness (QED) is 0.294. The highest BCUT2D eigenvalue weighted by Crippen LogP contribution is 2.39. The van der Waals surface area contributed by atoms with Crippen LogP contribution in [0.1, 0.15) is 47.4 Å². The molecule has 0 N–H and O–H groups in total. The lowest BCUT2D eigenvalue weighted by molar-refractivity contribution is -0.150. The number of hydrogen-bond acceptors (Lipinski definition) is 6. The van der Waals surface area contributed by atoms with Gasteiger partial charge >= 0.3 is 5.97 Å². The molecule has 4 rings (SSSR count). The van der Waals surface area contributed by atoms with Crippen LogP contribution in [0.4, 0.5) is 17.1 Å². The van der Waals surface area contributed by atoms with E-state index in [1.165, 1.54) is 14.0 Å². The van der Waals surface area contributed by atoms with E-state index in [9.17, 15) is 14.4 Å². The van der Waals surface area contributed by atoms with Crippen LogP contribution in [0.2, 0.25) is 5.02 Å². The lowest BCUT2D eigenvalue weighted by Crippen LogP contribution is -2.32. The molecule has 1 atom stereocenters. The fourth-order valence-corrected chi connectivity index (χ4v) is 5.15. The highest BCUT2D eigenvalue weighted by Gasteiger charge is 2.31. The maximum absolute atomic E-state index is 14.0. The summed E-state index contributed by atoms with van der Waals surface area (Å²) in [7, 11) is 5.10. The Morgan fingerprint density at radius 1 is 1.05 bits per heavy atom. The van der Waals surface area contributed by atoms with Gasteiger partial charge in [0.25, 0.3) is 5.91 Å². The van der Waals surface area contributed by atoms with E-state index in [4.69, 9.17) is 21.1 Å². The van der Waals surface area contributed by atoms with Crippen LogP contribution in [0.5, 0.6) is 5.75 Å². The summed E-state index contributed by atoms with van der Waals surface area (Å²) in [6.45, 7) is 4.01. The first-order chi connectivity index (χ1) is 19.1. The zero-order valence-electron chi connectivity index (χ0n) is 23.8. The fourth-order valence-electron chi connectivity index (χ4n) is 4.97. The predicted octanol–water partition coefficient (Wildman–Crippen LogP) is 6.35. The molecule has 0 spiro atoms. The van der Waals surface area contributed by atoms with Gasteiger partial charge in [-0.2, -0.15) is 0 Å². The Labute approximate surface area is 252 Å². The molecular weight excluding hydrogens is 565 g/mol. The highest BCUT2D eigenvalue weighted by atomic mass is 35.5. The van der Waals surface area contributed by atoms with Crippen molar-refractivity contribution in [2.45, 2.75) is 32.8 Å². The van der Waals surface area contributed by atoms with Crippen LogP contribution in [-0.4, -0.2) is 57.0 Å². The van der Waals surface area contributed by atoms with E-state index in [1.54, 1.807) is 65.2 Å². The number of halogens is 2. The summed E-state index contributed by atoms with van der Waals surface area (Å²) in [4.78, 5) is 44.2. The maximum Gasteiger partial charge on any atom is 0.320 e. The van der Waals surface area contributed by atoms with Gasteiger partial charge in [0.2, 0.25) is 5.91 Å². The second kappa shape index (κ2) is 13.9. The summed E-state index contributed by atoms with van der Waals surface area (Å²) in [6, 6.07) is 18.0. The molecule has 41 heavy (non-hydrogen) atoms. The zero-order valence-corrected chi connectivity index (χ0v) is 25.4. The van der Waals surface area contributed by atoms with E-state index in [1.807, 2.05) is 31.2 Å². The Morgan fingerprint density at radius 2 is 1.78 bits per heavy atom. The first-order valence-electron chi connectivity index (χ1n) is 13.1. The molecule has 1 aliphatic heterocycles. The number of esters is 1. The van der Waals surface area contributed by atoms with Crippen molar-refractivity contribution in [2.24, 2.45) is 0 Å². The molecule has 218 valence electrons. The largest absolute Gasteiger partial charge is 0.496 e. The Morgan fingerprint density at radius 3 is 2.44 bits per heavy atom. The molecule has 0 radical (unpaired) electrons. The first-order valence-corrected chi connectivity index (χ1v) is 13.5. The number of carbonyl (C=O) groups is 3. The van der Waals surface area contributed by atoms with E-state index in [0.717, 1.165) is 11.3 Å². The Balaban J connectivity index is 0.00000462. The molecule has 0 fully saturated rings. The molecule has 0 aliphatic carbocycles. The van der Waals surface area contributed by atoms with Crippen LogP contribution in [-0.2, 0) is 14.3 Å². The molecule has 3 aromatic rings. The monoisotopic (exact) mass is 599 g/mol. The summed E-state index contributed by atoms with van der Waals surface area (Å²) >= 11 is 6.34. The molecule has 2 amide bonds. The van der Waals surface area contributed by atoms with Crippen molar-refractivity contribution in [3.63, 3.8) is 0 Å². The number of methoxy groups -OCH3 is 1. The van der Waals surface area contributed by atoms with Crippen LogP contribution in [0, 0.1) is 6.92 Å². The summed E-state index contributed by atoms with van der Waals surface area (Å²) in [5.74, 6) is -0.432. The van der Waals surface area contributed by atoms with Gasteiger partial charge in [-0.15, -0.1) is 12.4 Å². The number of carbonyl (C=O) groups excluding carboxylic acids is 3. The van der Waals surface area contributed by atoms with E-state index in [-0.39, 0.29) is 36.7 Å². The standard InChI is InChI=1S/C31H34ClN3O5.ClH/c1-20-9-6-7-10-26(20)35(21(2)36)23-13-14-24(29(18-23)39-5)31(38)34-16-8-11-28(40-30(37)19-33(3)4)25-17-22(32)12-15-27(25)34;/h6-7,9-10,12-15,17-18,28H,8,11,16,19H2,1-5H3;1H. The molecule has 1 unspecified atom stereocenters.